The van der Waals surface area contributed by atoms with Gasteiger partial charge >= 0.3 is 17.9 Å². The first-order chi connectivity index (χ1) is 35.5. The molecule has 72 heavy (non-hydrogen) atoms. The molecule has 0 aromatic carbocycles. The molecule has 0 saturated heterocycles. The van der Waals surface area contributed by atoms with E-state index < -0.39 is 6.10 Å². The lowest BCUT2D eigenvalue weighted by atomic mass is 10.0. The minimum Gasteiger partial charge on any atom is -0.462 e. The van der Waals surface area contributed by atoms with Gasteiger partial charge in [-0.15, -0.1) is 0 Å². The molecule has 0 aliphatic carbocycles. The molecule has 0 aromatic heterocycles. The SMILES string of the molecule is CC/C=C\C/C=C\C/C=C\C/C=C\C/C=C\C/C=C\CCCCCCCCCCCCC(=O)OCC(COC(=O)CCCCCCCCCC)OC(=O)CCCCCCCCCCCCCCCCCCC. The van der Waals surface area contributed by atoms with Crippen molar-refractivity contribution in [2.45, 2.75) is 316 Å². The first kappa shape index (κ1) is 68.8. The molecule has 0 heterocycles. The Kier molecular flexibility index (Phi) is 57.8. The van der Waals surface area contributed by atoms with Gasteiger partial charge in [0.1, 0.15) is 13.2 Å². The van der Waals surface area contributed by atoms with E-state index in [1.807, 2.05) is 0 Å². The largest absolute Gasteiger partial charge is 0.462 e. The zero-order valence-electron chi connectivity index (χ0n) is 47.7. The molecular weight excluding hydrogens is 889 g/mol. The summed E-state index contributed by atoms with van der Waals surface area (Å²) in [4.78, 5) is 38.1. The molecule has 0 aliphatic rings. The Hall–Kier alpha value is -3.15. The van der Waals surface area contributed by atoms with Crippen LogP contribution in [0.5, 0.6) is 0 Å². The molecule has 0 bridgehead atoms. The van der Waals surface area contributed by atoms with Crippen LogP contribution < -0.4 is 0 Å². The van der Waals surface area contributed by atoms with Gasteiger partial charge in [-0.05, 0) is 70.6 Å². The first-order valence-electron chi connectivity index (χ1n) is 30.9. The van der Waals surface area contributed by atoms with Crippen molar-refractivity contribution in [3.05, 3.63) is 72.9 Å². The maximum atomic E-state index is 12.8. The monoisotopic (exact) mass is 1000 g/mol. The number of hydrogen-bond donors (Lipinski definition) is 0. The van der Waals surface area contributed by atoms with Crippen molar-refractivity contribution in [1.82, 2.24) is 0 Å². The van der Waals surface area contributed by atoms with Gasteiger partial charge in [-0.25, -0.2) is 0 Å². The summed E-state index contributed by atoms with van der Waals surface area (Å²) in [5.41, 5.74) is 0. The molecule has 6 nitrogen and oxygen atoms in total. The maximum Gasteiger partial charge on any atom is 0.306 e. The highest BCUT2D eigenvalue weighted by molar-refractivity contribution is 5.71. The van der Waals surface area contributed by atoms with Crippen LogP contribution in [-0.2, 0) is 28.6 Å². The second kappa shape index (κ2) is 60.4. The van der Waals surface area contributed by atoms with Gasteiger partial charge in [0.15, 0.2) is 6.10 Å². The number of ether oxygens (including phenoxy) is 3. The fourth-order valence-corrected chi connectivity index (χ4v) is 8.86. The molecule has 1 unspecified atom stereocenters. The van der Waals surface area contributed by atoms with Gasteiger partial charge < -0.3 is 14.2 Å². The average Bonchev–Trinajstić information content (AvgIpc) is 3.38. The normalized spacial score (nSPS) is 12.5. The highest BCUT2D eigenvalue weighted by atomic mass is 16.6. The number of rotatable bonds is 56. The minimum atomic E-state index is -0.772. The van der Waals surface area contributed by atoms with Crippen molar-refractivity contribution in [3.63, 3.8) is 0 Å². The summed E-state index contributed by atoms with van der Waals surface area (Å²) in [6.07, 6.45) is 77.8. The van der Waals surface area contributed by atoms with Gasteiger partial charge in [0.05, 0.1) is 0 Å². The molecular formula is C66H116O6. The summed E-state index contributed by atoms with van der Waals surface area (Å²) in [5.74, 6) is -0.867. The molecule has 0 rings (SSSR count). The van der Waals surface area contributed by atoms with Crippen LogP contribution in [0, 0.1) is 0 Å². The molecule has 0 aliphatic heterocycles. The van der Waals surface area contributed by atoms with Gasteiger partial charge in [0.25, 0.3) is 0 Å². The van der Waals surface area contributed by atoms with Gasteiger partial charge in [0.2, 0.25) is 0 Å². The molecule has 0 amide bonds. The Morgan fingerprint density at radius 1 is 0.292 bits per heavy atom. The molecule has 0 N–H and O–H groups in total. The van der Waals surface area contributed by atoms with Crippen LogP contribution in [0.4, 0.5) is 0 Å². The number of allylic oxidation sites excluding steroid dienone is 12. The summed E-state index contributed by atoms with van der Waals surface area (Å²) in [6.45, 7) is 6.53. The quantitative estimate of drug-likeness (QED) is 0.0261. The molecule has 0 fully saturated rings. The van der Waals surface area contributed by atoms with E-state index in [0.29, 0.717) is 19.3 Å². The molecule has 0 radical (unpaired) electrons. The predicted molar refractivity (Wildman–Crippen MR) is 311 cm³/mol. The Balaban J connectivity index is 4.15. The number of hydrogen-bond acceptors (Lipinski definition) is 6. The van der Waals surface area contributed by atoms with Gasteiger partial charge in [0, 0.05) is 19.3 Å². The second-order valence-electron chi connectivity index (χ2n) is 20.6. The highest BCUT2D eigenvalue weighted by Crippen LogP contribution is 2.17. The second-order valence-corrected chi connectivity index (χ2v) is 20.6. The Bertz CT molecular complexity index is 1340. The van der Waals surface area contributed by atoms with Gasteiger partial charge in [-0.1, -0.05) is 293 Å². The molecule has 1 atom stereocenters. The maximum absolute atomic E-state index is 12.8. The van der Waals surface area contributed by atoms with Crippen LogP contribution in [-0.4, -0.2) is 37.2 Å². The molecule has 0 spiro atoms. The number of carbonyl (C=O) groups excluding carboxylic acids is 3. The molecule has 6 heteroatoms. The fraction of sp³-hybridized carbons (Fsp3) is 0.773. The molecule has 416 valence electrons. The van der Waals surface area contributed by atoms with Crippen molar-refractivity contribution in [3.8, 4) is 0 Å². The van der Waals surface area contributed by atoms with Crippen molar-refractivity contribution >= 4 is 17.9 Å². The van der Waals surface area contributed by atoms with Crippen LogP contribution in [0.2, 0.25) is 0 Å². The third-order valence-electron chi connectivity index (χ3n) is 13.5. The fourth-order valence-electron chi connectivity index (χ4n) is 8.86. The highest BCUT2D eigenvalue weighted by Gasteiger charge is 2.19. The van der Waals surface area contributed by atoms with E-state index in [4.69, 9.17) is 14.2 Å². The van der Waals surface area contributed by atoms with Crippen LogP contribution in [0.15, 0.2) is 72.9 Å². The first-order valence-corrected chi connectivity index (χ1v) is 30.9. The lowest BCUT2D eigenvalue weighted by Crippen LogP contribution is -2.30. The van der Waals surface area contributed by atoms with E-state index in [-0.39, 0.29) is 31.1 Å². The number of unbranched alkanes of at least 4 members (excludes halogenated alkanes) is 33. The Morgan fingerprint density at radius 2 is 0.542 bits per heavy atom. The Morgan fingerprint density at radius 3 is 0.847 bits per heavy atom. The summed E-state index contributed by atoms with van der Waals surface area (Å²) < 4.78 is 16.8. The van der Waals surface area contributed by atoms with Crippen molar-refractivity contribution in [1.29, 1.82) is 0 Å². The zero-order valence-corrected chi connectivity index (χ0v) is 47.7. The summed E-state index contributed by atoms with van der Waals surface area (Å²) in [7, 11) is 0. The van der Waals surface area contributed by atoms with Gasteiger partial charge in [-0.2, -0.15) is 0 Å². The molecule has 0 aromatic rings. The van der Waals surface area contributed by atoms with E-state index in [1.54, 1.807) is 0 Å². The summed E-state index contributed by atoms with van der Waals surface area (Å²) in [5, 5.41) is 0. The Labute approximate surface area is 446 Å². The van der Waals surface area contributed by atoms with Crippen molar-refractivity contribution in [2.75, 3.05) is 13.2 Å². The van der Waals surface area contributed by atoms with E-state index in [2.05, 4.69) is 93.7 Å². The predicted octanol–water partition coefficient (Wildman–Crippen LogP) is 20.9. The minimum absolute atomic E-state index is 0.0720. The van der Waals surface area contributed by atoms with Crippen LogP contribution >= 0.6 is 0 Å². The van der Waals surface area contributed by atoms with Crippen molar-refractivity contribution < 1.29 is 28.6 Å². The topological polar surface area (TPSA) is 78.9 Å². The van der Waals surface area contributed by atoms with Crippen molar-refractivity contribution in [2.24, 2.45) is 0 Å². The molecule has 0 saturated carbocycles. The van der Waals surface area contributed by atoms with E-state index in [0.717, 1.165) is 96.3 Å². The number of esters is 3. The smallest absolute Gasteiger partial charge is 0.306 e. The summed E-state index contributed by atoms with van der Waals surface area (Å²) in [6, 6.07) is 0. The summed E-state index contributed by atoms with van der Waals surface area (Å²) >= 11 is 0. The number of carbonyl (C=O) groups is 3. The van der Waals surface area contributed by atoms with E-state index >= 15 is 0 Å². The lowest BCUT2D eigenvalue weighted by Gasteiger charge is -2.18. The van der Waals surface area contributed by atoms with E-state index in [1.165, 1.54) is 173 Å². The van der Waals surface area contributed by atoms with E-state index in [9.17, 15) is 14.4 Å². The van der Waals surface area contributed by atoms with Crippen LogP contribution in [0.1, 0.15) is 310 Å². The lowest BCUT2D eigenvalue weighted by molar-refractivity contribution is -0.167. The van der Waals surface area contributed by atoms with Gasteiger partial charge in [-0.3, -0.25) is 14.4 Å². The van der Waals surface area contributed by atoms with Crippen LogP contribution in [0.25, 0.3) is 0 Å². The zero-order chi connectivity index (χ0) is 52.2. The standard InChI is InChI=1S/C66H116O6/c1-4-7-10-13-16-19-21-23-25-27-28-29-30-31-32-33-34-35-36-37-38-40-41-43-45-47-50-53-56-59-65(68)71-62-63(61-70-64(67)58-55-52-49-18-15-12-9-6-3)72-66(69)60-57-54-51-48-46-44-42-39-26-24-22-20-17-14-11-8-5-2/h7,10,16,19,23,25,28-29,31-32,34-35,63H,4-6,8-9,11-15,17-18,20-22,24,26-27,30,33,36-62H2,1-3H3/b10-7-,19-16-,25-23-,29-28-,32-31-,35-34-. The third-order valence-corrected chi connectivity index (χ3v) is 13.5. The third kappa shape index (κ3) is 57.7. The van der Waals surface area contributed by atoms with Crippen LogP contribution in [0.3, 0.4) is 0 Å². The average molecular weight is 1010 g/mol.